The summed E-state index contributed by atoms with van der Waals surface area (Å²) in [5.41, 5.74) is 1.42. The van der Waals surface area contributed by atoms with Gasteiger partial charge in [-0.05, 0) is 74.5 Å². The Morgan fingerprint density at radius 3 is 2.33 bits per heavy atom. The van der Waals surface area contributed by atoms with Crippen molar-refractivity contribution in [3.63, 3.8) is 0 Å². The van der Waals surface area contributed by atoms with E-state index in [0.717, 1.165) is 76.1 Å². The third kappa shape index (κ3) is 5.77. The predicted octanol–water partition coefficient (Wildman–Crippen LogP) is 5.03. The van der Waals surface area contributed by atoms with Gasteiger partial charge < -0.3 is 19.8 Å². The van der Waals surface area contributed by atoms with E-state index < -0.39 is 21.3 Å². The largest absolute Gasteiger partial charge is 0.465 e. The summed E-state index contributed by atoms with van der Waals surface area (Å²) < 4.78 is 27.4. The van der Waals surface area contributed by atoms with E-state index in [9.17, 15) is 23.6 Å². The lowest BCUT2D eigenvalue weighted by molar-refractivity contribution is 0.0573. The average Bonchev–Trinajstić information content (AvgIpc) is 3.72. The lowest BCUT2D eigenvalue weighted by Crippen LogP contribution is -2.60. The number of aryl methyl sites for hydroxylation is 1. The molecule has 3 fully saturated rings. The van der Waals surface area contributed by atoms with Crippen molar-refractivity contribution in [1.29, 1.82) is 5.26 Å². The van der Waals surface area contributed by atoms with Crippen LogP contribution in [0.15, 0.2) is 76.8 Å². The van der Waals surface area contributed by atoms with E-state index in [0.29, 0.717) is 0 Å². The van der Waals surface area contributed by atoms with Crippen molar-refractivity contribution in [2.45, 2.75) is 60.3 Å². The number of nitriles is 1. The number of sulfone groups is 1. The Balaban J connectivity index is 1.10. The molecule has 0 spiro atoms. The van der Waals surface area contributed by atoms with Gasteiger partial charge in [0.2, 0.25) is 9.84 Å². The van der Waals surface area contributed by atoms with E-state index >= 15 is 0 Å². The van der Waals surface area contributed by atoms with E-state index in [1.807, 2.05) is 30.3 Å². The number of hydrogen-bond acceptors (Lipinski definition) is 7. The summed E-state index contributed by atoms with van der Waals surface area (Å²) in [5.74, 6) is 0.108. The van der Waals surface area contributed by atoms with Gasteiger partial charge in [0.05, 0.1) is 22.6 Å². The van der Waals surface area contributed by atoms with Gasteiger partial charge in [-0.25, -0.2) is 13.2 Å². The number of amides is 1. The highest BCUT2D eigenvalue weighted by Crippen LogP contribution is 2.51. The van der Waals surface area contributed by atoms with Crippen molar-refractivity contribution in [3.05, 3.63) is 72.6 Å². The summed E-state index contributed by atoms with van der Waals surface area (Å²) in [5, 5.41) is 24.8. The number of nitrogens with zero attached hydrogens (tertiary/aromatic N) is 6. The second-order valence-electron chi connectivity index (χ2n) is 13.9. The molecule has 3 aromatic rings. The Hall–Kier alpha value is -3.88. The first-order valence-corrected chi connectivity index (χ1v) is 17.7. The van der Waals surface area contributed by atoms with Crippen molar-refractivity contribution in [3.8, 4) is 6.07 Å². The number of aromatic nitrogens is 2. The molecule has 0 radical (unpaired) electrons. The van der Waals surface area contributed by atoms with Crippen LogP contribution in [0, 0.1) is 28.6 Å². The number of likely N-dealkylation sites (tertiary alicyclic amines) is 1. The molecule has 46 heavy (non-hydrogen) atoms. The number of benzene rings is 2. The average molecular weight is 645 g/mol. The zero-order valence-electron chi connectivity index (χ0n) is 26.9. The minimum atomic E-state index is -3.60. The summed E-state index contributed by atoms with van der Waals surface area (Å²) in [6.07, 6.45) is 6.33. The maximum absolute atomic E-state index is 13.0. The molecule has 1 N–H and O–H groups in total. The van der Waals surface area contributed by atoms with Gasteiger partial charge in [-0.3, -0.25) is 4.68 Å². The Bertz CT molecular complexity index is 1690. The molecule has 1 amide bonds. The highest BCUT2D eigenvalue weighted by molar-refractivity contribution is 7.91. The molecule has 1 saturated carbocycles. The molecule has 244 valence electrons. The Kier molecular flexibility index (Phi) is 8.63. The van der Waals surface area contributed by atoms with Crippen LogP contribution in [0.5, 0.6) is 0 Å². The van der Waals surface area contributed by atoms with Crippen LogP contribution in [-0.4, -0.2) is 85.0 Å². The van der Waals surface area contributed by atoms with Gasteiger partial charge in [0.25, 0.3) is 0 Å². The van der Waals surface area contributed by atoms with Crippen molar-refractivity contribution >= 4 is 21.6 Å². The molecule has 11 heteroatoms. The summed E-state index contributed by atoms with van der Waals surface area (Å²) in [6.45, 7) is 6.86. The SMILES string of the molecule is CN(C(=O)O)[C@@H]1CCC[C@H]1C(C#N)(c1ccccc1)C1CCN(CC2(C)CN(c3ccc(S(=O)(=O)c4cnn(C)c4)cc3)C2)CC1. The third-order valence-corrected chi connectivity index (χ3v) is 12.5. The first-order chi connectivity index (χ1) is 22.0. The molecule has 1 unspecified atom stereocenters. The molecular weight excluding hydrogens is 600 g/mol. The Morgan fingerprint density at radius 1 is 1.07 bits per heavy atom. The fourth-order valence-electron chi connectivity index (χ4n) is 8.54. The minimum Gasteiger partial charge on any atom is -0.465 e. The second-order valence-corrected chi connectivity index (χ2v) is 15.9. The standard InChI is InChI=1S/C35H44N6O4S/c1-34(24-41(25-34)28-12-14-29(15-13-28)46(44,45)30-20-37-38(2)21-30)23-40-18-16-27(17-19-40)35(22-36,26-8-5-4-6-9-26)31-10-7-11-32(31)39(3)33(42)43/h4-6,8-9,12-15,20-21,27,31-32H,7,10-11,16-19,23-25H2,1-3H3,(H,42,43)/t31-,32-,35?/m1/s1. The molecular formula is C35H44N6O4S. The van der Waals surface area contributed by atoms with Gasteiger partial charge in [-0.2, -0.15) is 10.4 Å². The number of hydrogen-bond donors (Lipinski definition) is 1. The monoisotopic (exact) mass is 644 g/mol. The highest BCUT2D eigenvalue weighted by atomic mass is 32.2. The number of carboxylic acid groups (broad SMARTS) is 1. The van der Waals surface area contributed by atoms with Gasteiger partial charge >= 0.3 is 6.09 Å². The van der Waals surface area contributed by atoms with Crippen LogP contribution < -0.4 is 4.90 Å². The Labute approximate surface area is 272 Å². The van der Waals surface area contributed by atoms with E-state index in [4.69, 9.17) is 0 Å². The molecule has 10 nitrogen and oxygen atoms in total. The fraction of sp³-hybridized carbons (Fsp3) is 0.514. The summed E-state index contributed by atoms with van der Waals surface area (Å²) >= 11 is 0. The maximum Gasteiger partial charge on any atom is 0.407 e. The molecule has 1 aliphatic carbocycles. The molecule has 1 aromatic heterocycles. The van der Waals surface area contributed by atoms with Crippen LogP contribution in [0.1, 0.15) is 44.6 Å². The smallest absolute Gasteiger partial charge is 0.407 e. The Morgan fingerprint density at radius 2 is 1.74 bits per heavy atom. The topological polar surface area (TPSA) is 123 Å². The predicted molar refractivity (Wildman–Crippen MR) is 175 cm³/mol. The fourth-order valence-corrected chi connectivity index (χ4v) is 9.78. The third-order valence-electron chi connectivity index (χ3n) is 10.8. The molecule has 2 aromatic carbocycles. The van der Waals surface area contributed by atoms with Crippen molar-refractivity contribution in [1.82, 2.24) is 19.6 Å². The van der Waals surface area contributed by atoms with E-state index in [-0.39, 0.29) is 33.1 Å². The van der Waals surface area contributed by atoms with Crippen LogP contribution in [0.25, 0.3) is 0 Å². The van der Waals surface area contributed by atoms with E-state index in [1.165, 1.54) is 22.0 Å². The van der Waals surface area contributed by atoms with Crippen LogP contribution >= 0.6 is 0 Å². The quantitative estimate of drug-likeness (QED) is 0.344. The summed E-state index contributed by atoms with van der Waals surface area (Å²) in [4.78, 5) is 18.7. The maximum atomic E-state index is 13.0. The number of carbonyl (C=O) groups is 1. The van der Waals surface area contributed by atoms with Gasteiger partial charge in [0, 0.05) is 63.0 Å². The zero-order valence-corrected chi connectivity index (χ0v) is 27.7. The normalized spacial score (nSPS) is 23.3. The number of piperidine rings is 1. The van der Waals surface area contributed by atoms with Gasteiger partial charge in [-0.1, -0.05) is 43.7 Å². The zero-order chi connectivity index (χ0) is 32.7. The first kappa shape index (κ1) is 32.1. The van der Waals surface area contributed by atoms with Crippen LogP contribution in [0.2, 0.25) is 0 Å². The lowest BCUT2D eigenvalue weighted by Gasteiger charge is -2.53. The minimum absolute atomic E-state index is 0.0407. The van der Waals surface area contributed by atoms with E-state index in [1.54, 1.807) is 26.2 Å². The first-order valence-electron chi connectivity index (χ1n) is 16.2. The lowest BCUT2D eigenvalue weighted by atomic mass is 9.59. The van der Waals surface area contributed by atoms with Gasteiger partial charge in [0.15, 0.2) is 0 Å². The molecule has 3 heterocycles. The summed E-state index contributed by atoms with van der Waals surface area (Å²) in [7, 11) is -0.247. The second kappa shape index (κ2) is 12.4. The van der Waals surface area contributed by atoms with Crippen LogP contribution in [-0.2, 0) is 22.3 Å². The van der Waals surface area contributed by atoms with Crippen molar-refractivity contribution < 1.29 is 18.3 Å². The molecule has 3 aliphatic rings. The number of rotatable bonds is 9. The van der Waals surface area contributed by atoms with Crippen molar-refractivity contribution in [2.75, 3.05) is 44.7 Å². The molecule has 3 atom stereocenters. The van der Waals surface area contributed by atoms with Gasteiger partial charge in [-0.15, -0.1) is 0 Å². The van der Waals surface area contributed by atoms with Crippen LogP contribution in [0.3, 0.4) is 0 Å². The molecule has 6 rings (SSSR count). The molecule has 2 aliphatic heterocycles. The highest BCUT2D eigenvalue weighted by Gasteiger charge is 2.54. The van der Waals surface area contributed by atoms with E-state index in [2.05, 4.69) is 40.0 Å². The molecule has 0 bridgehead atoms. The van der Waals surface area contributed by atoms with Gasteiger partial charge in [0.1, 0.15) is 4.90 Å². The molecule has 2 saturated heterocycles. The number of anilines is 1. The summed E-state index contributed by atoms with van der Waals surface area (Å²) in [6, 6.07) is 19.9. The van der Waals surface area contributed by atoms with Crippen LogP contribution in [0.4, 0.5) is 10.5 Å². The van der Waals surface area contributed by atoms with Crippen molar-refractivity contribution in [2.24, 2.45) is 24.3 Å².